The van der Waals surface area contributed by atoms with E-state index >= 15 is 0 Å². The number of aryl methyl sites for hydroxylation is 2. The van der Waals surface area contributed by atoms with Crippen molar-refractivity contribution < 1.29 is 32.3 Å². The molecule has 4 aromatic rings. The SMILES string of the molecule is CCOC(=O)C1(c2ccc(-c3ccc(-c4onc(C)c4C(O)CCCc4ccc(C(F)(F)F)cc4)cc3)cc2)CC1. The standard InChI is InChI=1S/C33H32F3NO4/c1-3-40-31(39)32(19-20-32)26-17-13-24(14-18-26)23-9-11-25(12-10-23)30-29(21(2)37-41-30)28(38)6-4-5-22-7-15-27(16-8-22)33(34,35)36/h7-18,28,38H,3-6,19-20H2,1-2H3. The number of rotatable bonds is 10. The quantitative estimate of drug-likeness (QED) is 0.198. The summed E-state index contributed by atoms with van der Waals surface area (Å²) in [6.45, 7) is 3.97. The van der Waals surface area contributed by atoms with Crippen LogP contribution in [-0.4, -0.2) is 22.8 Å². The van der Waals surface area contributed by atoms with Crippen LogP contribution in [-0.2, 0) is 27.5 Å². The van der Waals surface area contributed by atoms with E-state index in [9.17, 15) is 23.1 Å². The largest absolute Gasteiger partial charge is 0.465 e. The van der Waals surface area contributed by atoms with Crippen LogP contribution in [0, 0.1) is 6.92 Å². The summed E-state index contributed by atoms with van der Waals surface area (Å²) in [7, 11) is 0. The van der Waals surface area contributed by atoms with Crippen LogP contribution >= 0.6 is 0 Å². The maximum absolute atomic E-state index is 12.8. The minimum absolute atomic E-state index is 0.156. The van der Waals surface area contributed by atoms with E-state index in [0.717, 1.165) is 52.8 Å². The highest BCUT2D eigenvalue weighted by Gasteiger charge is 2.52. The number of aliphatic hydroxyl groups is 1. The highest BCUT2D eigenvalue weighted by molar-refractivity contribution is 5.87. The van der Waals surface area contributed by atoms with Crippen molar-refractivity contribution in [3.8, 4) is 22.5 Å². The van der Waals surface area contributed by atoms with Crippen LogP contribution in [0.1, 0.15) is 66.7 Å². The smallest absolute Gasteiger partial charge is 0.416 e. The monoisotopic (exact) mass is 563 g/mol. The van der Waals surface area contributed by atoms with Gasteiger partial charge in [0.15, 0.2) is 5.76 Å². The number of nitrogens with zero attached hydrogens (tertiary/aromatic N) is 1. The lowest BCUT2D eigenvalue weighted by atomic mass is 9.93. The molecule has 0 spiro atoms. The van der Waals surface area contributed by atoms with Gasteiger partial charge in [-0.25, -0.2) is 0 Å². The zero-order valence-electron chi connectivity index (χ0n) is 23.0. The molecule has 1 saturated carbocycles. The minimum Gasteiger partial charge on any atom is -0.465 e. The molecule has 0 saturated heterocycles. The number of hydrogen-bond donors (Lipinski definition) is 1. The first-order chi connectivity index (χ1) is 19.6. The van der Waals surface area contributed by atoms with Crippen LogP contribution in [0.25, 0.3) is 22.5 Å². The average Bonchev–Trinajstić information content (AvgIpc) is 3.69. The van der Waals surface area contributed by atoms with Gasteiger partial charge >= 0.3 is 12.1 Å². The molecule has 8 heteroatoms. The third-order valence-electron chi connectivity index (χ3n) is 7.80. The summed E-state index contributed by atoms with van der Waals surface area (Å²) in [6, 6.07) is 20.9. The Morgan fingerprint density at radius 3 is 2.12 bits per heavy atom. The first-order valence-electron chi connectivity index (χ1n) is 13.8. The Morgan fingerprint density at radius 1 is 0.976 bits per heavy atom. The van der Waals surface area contributed by atoms with Gasteiger partial charge in [-0.2, -0.15) is 13.2 Å². The maximum Gasteiger partial charge on any atom is 0.416 e. The molecule has 1 aliphatic carbocycles. The fraction of sp³-hybridized carbons (Fsp3) is 0.333. The van der Waals surface area contributed by atoms with Crippen molar-refractivity contribution in [2.75, 3.05) is 6.61 Å². The Balaban J connectivity index is 1.24. The molecule has 1 N–H and O–H groups in total. The van der Waals surface area contributed by atoms with Crippen LogP contribution in [0.15, 0.2) is 77.3 Å². The summed E-state index contributed by atoms with van der Waals surface area (Å²) in [5, 5.41) is 15.1. The number of esters is 1. The number of hydrogen-bond acceptors (Lipinski definition) is 5. The molecule has 0 bridgehead atoms. The fourth-order valence-electron chi connectivity index (χ4n) is 5.28. The van der Waals surface area contributed by atoms with Crippen LogP contribution in [0.2, 0.25) is 0 Å². The van der Waals surface area contributed by atoms with E-state index in [1.807, 2.05) is 55.5 Å². The molecule has 5 nitrogen and oxygen atoms in total. The van der Waals surface area contributed by atoms with Gasteiger partial charge in [0.2, 0.25) is 0 Å². The van der Waals surface area contributed by atoms with E-state index < -0.39 is 23.3 Å². The summed E-state index contributed by atoms with van der Waals surface area (Å²) in [4.78, 5) is 12.4. The van der Waals surface area contributed by atoms with Gasteiger partial charge in [-0.3, -0.25) is 4.79 Å². The summed E-state index contributed by atoms with van der Waals surface area (Å²) < 4.78 is 49.3. The van der Waals surface area contributed by atoms with Crippen LogP contribution in [0.3, 0.4) is 0 Å². The number of ether oxygens (including phenoxy) is 1. The summed E-state index contributed by atoms with van der Waals surface area (Å²) in [6.07, 6.45) is -2.03. The Morgan fingerprint density at radius 2 is 1.56 bits per heavy atom. The van der Waals surface area contributed by atoms with Gasteiger partial charge in [-0.1, -0.05) is 65.8 Å². The molecule has 0 aliphatic heterocycles. The Bertz CT molecular complexity index is 1490. The minimum atomic E-state index is -4.36. The molecule has 1 fully saturated rings. The molecule has 214 valence electrons. The first kappa shape index (κ1) is 28.6. The van der Waals surface area contributed by atoms with Gasteiger partial charge in [-0.05, 0) is 80.3 Å². The van der Waals surface area contributed by atoms with Gasteiger partial charge in [0.05, 0.1) is 34.9 Å². The number of aromatic nitrogens is 1. The van der Waals surface area contributed by atoms with Crippen molar-refractivity contribution in [2.45, 2.75) is 63.6 Å². The highest BCUT2D eigenvalue weighted by atomic mass is 19.4. The van der Waals surface area contributed by atoms with Crippen LogP contribution in [0.4, 0.5) is 13.2 Å². The first-order valence-corrected chi connectivity index (χ1v) is 13.8. The molecule has 1 unspecified atom stereocenters. The molecule has 1 aliphatic rings. The molecule has 0 amide bonds. The van der Waals surface area contributed by atoms with E-state index in [-0.39, 0.29) is 5.97 Å². The lowest BCUT2D eigenvalue weighted by molar-refractivity contribution is -0.146. The van der Waals surface area contributed by atoms with E-state index in [4.69, 9.17) is 9.26 Å². The predicted molar refractivity (Wildman–Crippen MR) is 149 cm³/mol. The average molecular weight is 564 g/mol. The number of aliphatic hydroxyl groups excluding tert-OH is 1. The van der Waals surface area contributed by atoms with E-state index in [0.29, 0.717) is 42.9 Å². The molecular weight excluding hydrogens is 531 g/mol. The summed E-state index contributed by atoms with van der Waals surface area (Å²) >= 11 is 0. The lowest BCUT2D eigenvalue weighted by Gasteiger charge is -2.15. The van der Waals surface area contributed by atoms with Crippen molar-refractivity contribution in [1.82, 2.24) is 5.16 Å². The molecular formula is C33H32F3NO4. The number of alkyl halides is 3. The molecule has 1 aromatic heterocycles. The second-order valence-corrected chi connectivity index (χ2v) is 10.6. The van der Waals surface area contributed by atoms with Crippen molar-refractivity contribution >= 4 is 5.97 Å². The van der Waals surface area contributed by atoms with Crippen molar-refractivity contribution in [3.63, 3.8) is 0 Å². The molecule has 1 heterocycles. The number of halogens is 3. The number of carbonyl (C=O) groups is 1. The molecule has 3 aromatic carbocycles. The summed E-state index contributed by atoms with van der Waals surface area (Å²) in [5.74, 6) is 0.341. The van der Waals surface area contributed by atoms with Crippen molar-refractivity contribution in [3.05, 3.63) is 101 Å². The molecule has 41 heavy (non-hydrogen) atoms. The topological polar surface area (TPSA) is 72.6 Å². The zero-order chi connectivity index (χ0) is 29.2. The van der Waals surface area contributed by atoms with Crippen LogP contribution < -0.4 is 0 Å². The van der Waals surface area contributed by atoms with Gasteiger partial charge in [0.1, 0.15) is 0 Å². The molecule has 1 atom stereocenters. The normalized spacial score (nSPS) is 15.0. The number of benzene rings is 3. The third kappa shape index (κ3) is 6.07. The molecule has 5 rings (SSSR count). The fourth-order valence-corrected chi connectivity index (χ4v) is 5.28. The Hall–Kier alpha value is -3.91. The highest BCUT2D eigenvalue weighted by Crippen LogP contribution is 2.49. The third-order valence-corrected chi connectivity index (χ3v) is 7.80. The van der Waals surface area contributed by atoms with E-state index in [1.54, 1.807) is 6.92 Å². The second-order valence-electron chi connectivity index (χ2n) is 10.6. The second kappa shape index (κ2) is 11.5. The van der Waals surface area contributed by atoms with Crippen molar-refractivity contribution in [1.29, 1.82) is 0 Å². The van der Waals surface area contributed by atoms with Crippen LogP contribution in [0.5, 0.6) is 0 Å². The maximum atomic E-state index is 12.8. The van der Waals surface area contributed by atoms with Gasteiger partial charge in [0, 0.05) is 5.56 Å². The van der Waals surface area contributed by atoms with Crippen molar-refractivity contribution in [2.24, 2.45) is 0 Å². The number of carbonyl (C=O) groups excluding carboxylic acids is 1. The zero-order valence-corrected chi connectivity index (χ0v) is 23.0. The van der Waals surface area contributed by atoms with E-state index in [2.05, 4.69) is 5.16 Å². The van der Waals surface area contributed by atoms with Gasteiger partial charge in [0.25, 0.3) is 0 Å². The van der Waals surface area contributed by atoms with Gasteiger partial charge in [-0.15, -0.1) is 0 Å². The summed E-state index contributed by atoms with van der Waals surface area (Å²) in [5.41, 5.74) is 4.58. The Kier molecular flexibility index (Phi) is 8.04. The van der Waals surface area contributed by atoms with E-state index in [1.165, 1.54) is 12.1 Å². The predicted octanol–water partition coefficient (Wildman–Crippen LogP) is 7.99. The molecule has 0 radical (unpaired) electrons. The Labute approximate surface area is 237 Å². The van der Waals surface area contributed by atoms with Gasteiger partial charge < -0.3 is 14.4 Å². The lowest BCUT2D eigenvalue weighted by Crippen LogP contribution is -2.23.